The van der Waals surface area contributed by atoms with Gasteiger partial charge in [-0.05, 0) is 37.1 Å². The SMILES string of the molecule is Cc1cccc(C)c1NC(=O)CN(C)C(=O)Cn1c(=O)oc2ccccc21. The van der Waals surface area contributed by atoms with Crippen molar-refractivity contribution < 1.29 is 14.0 Å². The Hall–Kier alpha value is -3.35. The van der Waals surface area contributed by atoms with Crippen molar-refractivity contribution in [3.05, 3.63) is 64.1 Å². The van der Waals surface area contributed by atoms with Gasteiger partial charge in [0.25, 0.3) is 0 Å². The summed E-state index contributed by atoms with van der Waals surface area (Å²) in [5.74, 6) is -1.26. The molecule has 0 aliphatic heterocycles. The van der Waals surface area contributed by atoms with Crippen LogP contribution in [0, 0.1) is 13.8 Å². The van der Waals surface area contributed by atoms with Gasteiger partial charge in [-0.25, -0.2) is 4.79 Å². The van der Waals surface area contributed by atoms with Gasteiger partial charge in [-0.15, -0.1) is 0 Å². The van der Waals surface area contributed by atoms with Crippen LogP contribution in [0.2, 0.25) is 0 Å². The minimum atomic E-state index is -0.599. The van der Waals surface area contributed by atoms with E-state index in [0.717, 1.165) is 16.8 Å². The lowest BCUT2D eigenvalue weighted by molar-refractivity contribution is -0.133. The predicted molar refractivity (Wildman–Crippen MR) is 103 cm³/mol. The Bertz CT molecular complexity index is 1040. The third-order valence-electron chi connectivity index (χ3n) is 4.42. The van der Waals surface area contributed by atoms with Crippen LogP contribution in [0.5, 0.6) is 0 Å². The van der Waals surface area contributed by atoms with Gasteiger partial charge in [0.1, 0.15) is 6.54 Å². The molecular formula is C20H21N3O4. The van der Waals surface area contributed by atoms with Crippen molar-refractivity contribution in [1.82, 2.24) is 9.47 Å². The maximum atomic E-state index is 12.5. The molecule has 3 rings (SSSR count). The summed E-state index contributed by atoms with van der Waals surface area (Å²) in [5, 5.41) is 2.84. The molecule has 3 aromatic rings. The number of aryl methyl sites for hydroxylation is 2. The third-order valence-corrected chi connectivity index (χ3v) is 4.42. The second-order valence-electron chi connectivity index (χ2n) is 6.49. The minimum Gasteiger partial charge on any atom is -0.408 e. The molecule has 0 spiro atoms. The van der Waals surface area contributed by atoms with E-state index in [2.05, 4.69) is 5.32 Å². The molecule has 0 radical (unpaired) electrons. The zero-order valence-corrected chi connectivity index (χ0v) is 15.5. The molecule has 7 nitrogen and oxygen atoms in total. The highest BCUT2D eigenvalue weighted by Gasteiger charge is 2.18. The van der Waals surface area contributed by atoms with E-state index >= 15 is 0 Å². The molecule has 1 heterocycles. The zero-order valence-electron chi connectivity index (χ0n) is 15.5. The van der Waals surface area contributed by atoms with Gasteiger partial charge in [0.15, 0.2) is 5.58 Å². The number of benzene rings is 2. The van der Waals surface area contributed by atoms with Crippen molar-refractivity contribution in [2.45, 2.75) is 20.4 Å². The molecule has 1 N–H and O–H groups in total. The lowest BCUT2D eigenvalue weighted by Crippen LogP contribution is -2.38. The molecular weight excluding hydrogens is 346 g/mol. The number of amides is 2. The number of oxazole rings is 1. The van der Waals surface area contributed by atoms with Crippen LogP contribution < -0.4 is 11.1 Å². The van der Waals surface area contributed by atoms with Crippen molar-refractivity contribution in [1.29, 1.82) is 0 Å². The lowest BCUT2D eigenvalue weighted by Gasteiger charge is -2.18. The van der Waals surface area contributed by atoms with Crippen LogP contribution in [-0.4, -0.2) is 34.9 Å². The van der Waals surface area contributed by atoms with Crippen LogP contribution in [0.1, 0.15) is 11.1 Å². The lowest BCUT2D eigenvalue weighted by atomic mass is 10.1. The Morgan fingerprint density at radius 1 is 1.07 bits per heavy atom. The first-order valence-corrected chi connectivity index (χ1v) is 8.55. The molecule has 0 aliphatic carbocycles. The van der Waals surface area contributed by atoms with Crippen LogP contribution in [0.3, 0.4) is 0 Å². The number of carbonyl (C=O) groups is 2. The summed E-state index contributed by atoms with van der Waals surface area (Å²) >= 11 is 0. The number of para-hydroxylation sites is 3. The van der Waals surface area contributed by atoms with Gasteiger partial charge in [0.2, 0.25) is 11.8 Å². The van der Waals surface area contributed by atoms with Gasteiger partial charge in [-0.1, -0.05) is 30.3 Å². The average Bonchev–Trinajstić information content (AvgIpc) is 2.94. The molecule has 0 saturated carbocycles. The summed E-state index contributed by atoms with van der Waals surface area (Å²) < 4.78 is 6.38. The predicted octanol–water partition coefficient (Wildman–Crippen LogP) is 2.31. The van der Waals surface area contributed by atoms with Gasteiger partial charge < -0.3 is 14.6 Å². The molecule has 27 heavy (non-hydrogen) atoms. The number of carbonyl (C=O) groups excluding carboxylic acids is 2. The van der Waals surface area contributed by atoms with Crippen LogP contribution >= 0.6 is 0 Å². The standard InChI is InChI=1S/C20H21N3O4/c1-13-7-6-8-14(2)19(13)21-17(24)11-22(3)18(25)12-23-15-9-4-5-10-16(15)27-20(23)26/h4-10H,11-12H2,1-3H3,(H,21,24). The second-order valence-corrected chi connectivity index (χ2v) is 6.49. The molecule has 0 atom stereocenters. The molecule has 140 valence electrons. The summed E-state index contributed by atoms with van der Waals surface area (Å²) in [4.78, 5) is 38.1. The van der Waals surface area contributed by atoms with Gasteiger partial charge in [0.05, 0.1) is 12.1 Å². The summed E-state index contributed by atoms with van der Waals surface area (Å²) in [6.45, 7) is 3.52. The summed E-state index contributed by atoms with van der Waals surface area (Å²) in [5.41, 5.74) is 3.62. The average molecular weight is 367 g/mol. The number of fused-ring (bicyclic) bond motifs is 1. The number of nitrogens with zero attached hydrogens (tertiary/aromatic N) is 2. The smallest absolute Gasteiger partial charge is 0.408 e. The normalized spacial score (nSPS) is 10.8. The van der Waals surface area contributed by atoms with Crippen LogP contribution in [0.15, 0.2) is 51.7 Å². The molecule has 0 unspecified atom stereocenters. The molecule has 2 amide bonds. The van der Waals surface area contributed by atoms with E-state index in [1.165, 1.54) is 16.5 Å². The number of nitrogens with one attached hydrogen (secondary N) is 1. The third kappa shape index (κ3) is 3.92. The number of hydrogen-bond donors (Lipinski definition) is 1. The summed E-state index contributed by atoms with van der Waals surface area (Å²) in [7, 11) is 1.53. The van der Waals surface area contributed by atoms with E-state index < -0.39 is 5.76 Å². The highest BCUT2D eigenvalue weighted by molar-refractivity contribution is 5.95. The molecule has 2 aromatic carbocycles. The zero-order chi connectivity index (χ0) is 19.6. The van der Waals surface area contributed by atoms with Crippen LogP contribution in [0.4, 0.5) is 5.69 Å². The highest BCUT2D eigenvalue weighted by atomic mass is 16.4. The summed E-state index contributed by atoms with van der Waals surface area (Å²) in [6, 6.07) is 12.6. The fourth-order valence-electron chi connectivity index (χ4n) is 2.91. The Balaban J connectivity index is 1.68. The maximum absolute atomic E-state index is 12.5. The molecule has 1 aromatic heterocycles. The fourth-order valence-corrected chi connectivity index (χ4v) is 2.91. The molecule has 7 heteroatoms. The molecule has 0 aliphatic rings. The monoisotopic (exact) mass is 367 g/mol. The van der Waals surface area contributed by atoms with Gasteiger partial charge in [-0.3, -0.25) is 14.2 Å². The number of likely N-dealkylation sites (N-methyl/N-ethyl adjacent to an activating group) is 1. The minimum absolute atomic E-state index is 0.114. The van der Waals surface area contributed by atoms with E-state index in [4.69, 9.17) is 4.42 Å². The van der Waals surface area contributed by atoms with Gasteiger partial charge >= 0.3 is 5.76 Å². The molecule has 0 fully saturated rings. The molecule has 0 saturated heterocycles. The van der Waals surface area contributed by atoms with Gasteiger partial charge in [-0.2, -0.15) is 0 Å². The van der Waals surface area contributed by atoms with E-state index in [0.29, 0.717) is 11.1 Å². The van der Waals surface area contributed by atoms with Crippen molar-refractivity contribution in [3.63, 3.8) is 0 Å². The van der Waals surface area contributed by atoms with Crippen LogP contribution in [0.25, 0.3) is 11.1 Å². The highest BCUT2D eigenvalue weighted by Crippen LogP contribution is 2.19. The van der Waals surface area contributed by atoms with Crippen LogP contribution in [-0.2, 0) is 16.1 Å². The Morgan fingerprint density at radius 2 is 1.74 bits per heavy atom. The first-order valence-electron chi connectivity index (χ1n) is 8.55. The van der Waals surface area contributed by atoms with Gasteiger partial charge in [0, 0.05) is 12.7 Å². The summed E-state index contributed by atoms with van der Waals surface area (Å²) in [6.07, 6.45) is 0. The van der Waals surface area contributed by atoms with Crippen molar-refractivity contribution in [2.75, 3.05) is 18.9 Å². The van der Waals surface area contributed by atoms with Crippen molar-refractivity contribution in [2.24, 2.45) is 0 Å². The number of hydrogen-bond acceptors (Lipinski definition) is 4. The Morgan fingerprint density at radius 3 is 2.44 bits per heavy atom. The quantitative estimate of drug-likeness (QED) is 0.750. The largest absolute Gasteiger partial charge is 0.420 e. The topological polar surface area (TPSA) is 84.5 Å². The number of rotatable bonds is 5. The van der Waals surface area contributed by atoms with Crippen molar-refractivity contribution >= 4 is 28.6 Å². The van der Waals surface area contributed by atoms with Crippen molar-refractivity contribution in [3.8, 4) is 0 Å². The molecule has 0 bridgehead atoms. The first kappa shape index (κ1) is 18.4. The van der Waals surface area contributed by atoms with E-state index in [-0.39, 0.29) is 24.9 Å². The van der Waals surface area contributed by atoms with E-state index in [1.807, 2.05) is 32.0 Å². The number of aromatic nitrogens is 1. The number of anilines is 1. The second kappa shape index (κ2) is 7.49. The van der Waals surface area contributed by atoms with E-state index in [1.54, 1.807) is 24.3 Å². The first-order chi connectivity index (χ1) is 12.9. The van der Waals surface area contributed by atoms with E-state index in [9.17, 15) is 14.4 Å². The fraction of sp³-hybridized carbons (Fsp3) is 0.250. The Labute approximate surface area is 156 Å². The maximum Gasteiger partial charge on any atom is 0.420 e. The Kier molecular flexibility index (Phi) is 5.12.